The first-order valence-corrected chi connectivity index (χ1v) is 34.5. The van der Waals surface area contributed by atoms with Crippen LogP contribution in [0.5, 0.6) is 0 Å². The Morgan fingerprint density at radius 3 is 0.753 bits per heavy atom. The molecule has 0 amide bonds. The van der Waals surface area contributed by atoms with Gasteiger partial charge in [-0.2, -0.15) is 0 Å². The lowest BCUT2D eigenvalue weighted by atomic mass is 10.0. The number of carbonyl (C=O) groups is 3. The molecule has 0 aliphatic heterocycles. The van der Waals surface area contributed by atoms with Crippen LogP contribution in [0.3, 0.4) is 0 Å². The molecule has 0 aliphatic carbocycles. The molecule has 0 N–H and O–H groups in total. The van der Waals surface area contributed by atoms with Crippen molar-refractivity contribution in [2.75, 3.05) is 13.2 Å². The number of ether oxygens (including phenoxy) is 3. The van der Waals surface area contributed by atoms with Crippen molar-refractivity contribution >= 4 is 17.9 Å². The molecular formula is C71H132O6. The molecule has 0 fully saturated rings. The summed E-state index contributed by atoms with van der Waals surface area (Å²) in [5.41, 5.74) is 0. The van der Waals surface area contributed by atoms with Crippen molar-refractivity contribution in [3.8, 4) is 0 Å². The van der Waals surface area contributed by atoms with E-state index in [9.17, 15) is 14.4 Å². The van der Waals surface area contributed by atoms with Crippen molar-refractivity contribution in [3.63, 3.8) is 0 Å². The van der Waals surface area contributed by atoms with Crippen LogP contribution in [-0.2, 0) is 28.6 Å². The molecule has 0 aromatic carbocycles. The van der Waals surface area contributed by atoms with Gasteiger partial charge in [0.1, 0.15) is 13.2 Å². The first kappa shape index (κ1) is 74.6. The number of carbonyl (C=O) groups excluding carboxylic acids is 3. The fraction of sp³-hybridized carbons (Fsp3) is 0.873. The van der Waals surface area contributed by atoms with Gasteiger partial charge in [-0.3, -0.25) is 14.4 Å². The number of unbranched alkanes of at least 4 members (excludes halogenated alkanes) is 47. The Morgan fingerprint density at radius 1 is 0.260 bits per heavy atom. The van der Waals surface area contributed by atoms with Gasteiger partial charge in [0, 0.05) is 19.3 Å². The SMILES string of the molecule is CCCCC/C=C\C/C=C\CCCCCCCC(=O)OCC(COC(=O)CCCCCCCCCCCCCCCCCCCCCCCCCCCCC)OC(=O)CCCCCCCCC/C=C\CCCCCCCC. The van der Waals surface area contributed by atoms with E-state index >= 15 is 0 Å². The van der Waals surface area contributed by atoms with Crippen LogP contribution in [0.2, 0.25) is 0 Å². The van der Waals surface area contributed by atoms with Gasteiger partial charge in [-0.25, -0.2) is 0 Å². The number of hydrogen-bond donors (Lipinski definition) is 0. The van der Waals surface area contributed by atoms with Gasteiger partial charge in [-0.05, 0) is 77.0 Å². The highest BCUT2D eigenvalue weighted by atomic mass is 16.6. The highest BCUT2D eigenvalue weighted by Gasteiger charge is 2.19. The maximum atomic E-state index is 12.9. The van der Waals surface area contributed by atoms with E-state index < -0.39 is 6.10 Å². The Balaban J connectivity index is 4.23. The van der Waals surface area contributed by atoms with Crippen LogP contribution in [0.15, 0.2) is 36.5 Å². The molecule has 0 aromatic rings. The Morgan fingerprint density at radius 2 is 0.468 bits per heavy atom. The average Bonchev–Trinajstić information content (AvgIpc) is 3.43. The molecule has 0 bridgehead atoms. The largest absolute Gasteiger partial charge is 0.462 e. The lowest BCUT2D eigenvalue weighted by molar-refractivity contribution is -0.167. The summed E-state index contributed by atoms with van der Waals surface area (Å²) >= 11 is 0. The zero-order valence-corrected chi connectivity index (χ0v) is 52.0. The van der Waals surface area contributed by atoms with Crippen LogP contribution in [0.1, 0.15) is 380 Å². The summed E-state index contributed by atoms with van der Waals surface area (Å²) in [7, 11) is 0. The third-order valence-electron chi connectivity index (χ3n) is 15.6. The minimum Gasteiger partial charge on any atom is -0.462 e. The van der Waals surface area contributed by atoms with Crippen molar-refractivity contribution in [2.24, 2.45) is 0 Å². The normalized spacial score (nSPS) is 12.2. The van der Waals surface area contributed by atoms with Gasteiger partial charge in [0.15, 0.2) is 6.10 Å². The smallest absolute Gasteiger partial charge is 0.306 e. The van der Waals surface area contributed by atoms with E-state index in [0.717, 1.165) is 77.0 Å². The molecule has 0 radical (unpaired) electrons. The minimum absolute atomic E-state index is 0.0741. The van der Waals surface area contributed by atoms with Crippen LogP contribution in [0.25, 0.3) is 0 Å². The molecule has 0 heterocycles. The minimum atomic E-state index is -0.779. The maximum Gasteiger partial charge on any atom is 0.306 e. The van der Waals surface area contributed by atoms with E-state index in [1.165, 1.54) is 263 Å². The highest BCUT2D eigenvalue weighted by Crippen LogP contribution is 2.18. The quantitative estimate of drug-likeness (QED) is 0.0261. The van der Waals surface area contributed by atoms with Crippen LogP contribution >= 0.6 is 0 Å². The Kier molecular flexibility index (Phi) is 64.1. The van der Waals surface area contributed by atoms with E-state index in [-0.39, 0.29) is 31.1 Å². The van der Waals surface area contributed by atoms with Crippen LogP contribution < -0.4 is 0 Å². The summed E-state index contributed by atoms with van der Waals surface area (Å²) in [6.45, 7) is 6.66. The van der Waals surface area contributed by atoms with Gasteiger partial charge in [0.25, 0.3) is 0 Å². The Hall–Kier alpha value is -2.37. The summed E-state index contributed by atoms with van der Waals surface area (Å²) in [4.78, 5) is 38.4. The molecule has 0 saturated heterocycles. The van der Waals surface area contributed by atoms with E-state index in [1.54, 1.807) is 0 Å². The monoisotopic (exact) mass is 1080 g/mol. The molecule has 77 heavy (non-hydrogen) atoms. The van der Waals surface area contributed by atoms with Gasteiger partial charge in [0.2, 0.25) is 0 Å². The Labute approximate surface area is 480 Å². The van der Waals surface area contributed by atoms with E-state index in [4.69, 9.17) is 14.2 Å². The first-order chi connectivity index (χ1) is 38.0. The second-order valence-electron chi connectivity index (χ2n) is 23.4. The summed E-state index contributed by atoms with van der Waals surface area (Å²) in [6, 6.07) is 0. The standard InChI is InChI=1S/C71H132O6/c1-4-7-10-13-16-19-22-25-28-30-31-32-33-34-35-36-37-38-39-41-43-46-49-52-55-58-61-64-70(73)76-67-68(66-75-69(72)63-60-57-54-51-48-45-42-27-24-21-18-15-12-9-6-3)77-71(74)65-62-59-56-53-50-47-44-40-29-26-23-20-17-14-11-8-5-2/h18,21,26-27,29,42,68H,4-17,19-20,22-25,28,30-41,43-67H2,1-3H3/b21-18-,29-26-,42-27-. The van der Waals surface area contributed by atoms with Crippen molar-refractivity contribution in [2.45, 2.75) is 386 Å². The fourth-order valence-corrected chi connectivity index (χ4v) is 10.4. The summed E-state index contributed by atoms with van der Waals surface area (Å²) < 4.78 is 17.0. The molecule has 1 unspecified atom stereocenters. The second-order valence-corrected chi connectivity index (χ2v) is 23.4. The summed E-state index contributed by atoms with van der Waals surface area (Å²) in [5, 5.41) is 0. The van der Waals surface area contributed by atoms with Crippen LogP contribution in [0, 0.1) is 0 Å². The molecular weight excluding hydrogens is 949 g/mol. The van der Waals surface area contributed by atoms with Gasteiger partial charge >= 0.3 is 17.9 Å². The van der Waals surface area contributed by atoms with Gasteiger partial charge in [0.05, 0.1) is 0 Å². The predicted octanol–water partition coefficient (Wildman–Crippen LogP) is 23.6. The number of rotatable bonds is 64. The van der Waals surface area contributed by atoms with Crippen molar-refractivity contribution < 1.29 is 28.6 Å². The zero-order chi connectivity index (χ0) is 55.7. The van der Waals surface area contributed by atoms with Gasteiger partial charge in [-0.15, -0.1) is 0 Å². The molecule has 0 rings (SSSR count). The van der Waals surface area contributed by atoms with Gasteiger partial charge in [-0.1, -0.05) is 320 Å². The molecule has 6 heteroatoms. The Bertz CT molecular complexity index is 1290. The summed E-state index contributed by atoms with van der Waals surface area (Å²) in [6.07, 6.45) is 81.7. The molecule has 0 aromatic heterocycles. The van der Waals surface area contributed by atoms with E-state index in [1.807, 2.05) is 0 Å². The predicted molar refractivity (Wildman–Crippen MR) is 335 cm³/mol. The number of hydrogen-bond acceptors (Lipinski definition) is 6. The van der Waals surface area contributed by atoms with Crippen molar-refractivity contribution in [3.05, 3.63) is 36.5 Å². The molecule has 452 valence electrons. The van der Waals surface area contributed by atoms with Crippen LogP contribution in [-0.4, -0.2) is 37.2 Å². The van der Waals surface area contributed by atoms with E-state index in [0.29, 0.717) is 19.3 Å². The van der Waals surface area contributed by atoms with Crippen molar-refractivity contribution in [1.29, 1.82) is 0 Å². The lowest BCUT2D eigenvalue weighted by Gasteiger charge is -2.18. The molecule has 1 atom stereocenters. The van der Waals surface area contributed by atoms with Crippen LogP contribution in [0.4, 0.5) is 0 Å². The van der Waals surface area contributed by atoms with E-state index in [2.05, 4.69) is 57.2 Å². The van der Waals surface area contributed by atoms with Crippen molar-refractivity contribution in [1.82, 2.24) is 0 Å². The second kappa shape index (κ2) is 66.1. The third kappa shape index (κ3) is 64.3. The molecule has 6 nitrogen and oxygen atoms in total. The topological polar surface area (TPSA) is 78.9 Å². The molecule has 0 aliphatic rings. The number of allylic oxidation sites excluding steroid dienone is 6. The lowest BCUT2D eigenvalue weighted by Crippen LogP contribution is -2.30. The highest BCUT2D eigenvalue weighted by molar-refractivity contribution is 5.71. The summed E-state index contributed by atoms with van der Waals surface area (Å²) in [5.74, 6) is -0.867. The third-order valence-corrected chi connectivity index (χ3v) is 15.6. The zero-order valence-electron chi connectivity index (χ0n) is 52.0. The molecule has 0 spiro atoms. The van der Waals surface area contributed by atoms with Gasteiger partial charge < -0.3 is 14.2 Å². The molecule has 0 saturated carbocycles. The fourth-order valence-electron chi connectivity index (χ4n) is 10.4. The number of esters is 3. The first-order valence-electron chi connectivity index (χ1n) is 34.5. The maximum absolute atomic E-state index is 12.9. The average molecular weight is 1080 g/mol.